The molecule has 0 fully saturated rings. The molecular weight excluding hydrogens is 479 g/mol. The molecule has 0 spiro atoms. The Morgan fingerprint density at radius 3 is 2.79 bits per heavy atom. The van der Waals surface area contributed by atoms with E-state index in [4.69, 9.17) is 9.41 Å². The molecule has 152 valence electrons. The van der Waals surface area contributed by atoms with Crippen molar-refractivity contribution in [1.29, 1.82) is 0 Å². The Bertz CT molecular complexity index is 949. The van der Waals surface area contributed by atoms with E-state index in [0.29, 0.717) is 24.0 Å². The van der Waals surface area contributed by atoms with Crippen LogP contribution in [0, 0.1) is 0 Å². The van der Waals surface area contributed by atoms with Crippen molar-refractivity contribution >= 4 is 35.5 Å². The number of furan rings is 1. The number of hydrogen-bond donors (Lipinski definition) is 2. The van der Waals surface area contributed by atoms with Gasteiger partial charge >= 0.3 is 0 Å². The molecule has 8 heteroatoms. The summed E-state index contributed by atoms with van der Waals surface area (Å²) in [6.07, 6.45) is 4.90. The number of aromatic nitrogens is 3. The average Bonchev–Trinajstić information content (AvgIpc) is 3.44. The van der Waals surface area contributed by atoms with Crippen LogP contribution in [0.25, 0.3) is 17.2 Å². The molecule has 1 aliphatic heterocycles. The summed E-state index contributed by atoms with van der Waals surface area (Å²) in [7, 11) is 0. The van der Waals surface area contributed by atoms with E-state index in [1.54, 1.807) is 6.26 Å². The van der Waals surface area contributed by atoms with Gasteiger partial charge in [-0.2, -0.15) is 0 Å². The van der Waals surface area contributed by atoms with Gasteiger partial charge in [-0.15, -0.1) is 29.1 Å². The minimum Gasteiger partial charge on any atom is -0.461 e. The van der Waals surface area contributed by atoms with Crippen LogP contribution < -0.4 is 5.32 Å². The van der Waals surface area contributed by atoms with Crippen LogP contribution in [-0.2, 0) is 6.54 Å². The van der Waals surface area contributed by atoms with E-state index < -0.39 is 0 Å². The number of nitrogens with zero attached hydrogens (tertiary/aromatic N) is 4. The van der Waals surface area contributed by atoms with Crippen LogP contribution in [-0.4, -0.2) is 45.7 Å². The van der Waals surface area contributed by atoms with Crippen LogP contribution in [0.2, 0.25) is 0 Å². The molecule has 0 radical (unpaired) electrons. The summed E-state index contributed by atoms with van der Waals surface area (Å²) < 4.78 is 5.33. The Hall–Kier alpha value is -2.62. The third-order valence-corrected chi connectivity index (χ3v) is 4.64. The normalized spacial score (nSPS) is 14.3. The molecule has 0 bridgehead atoms. The zero-order valence-electron chi connectivity index (χ0n) is 16.3. The summed E-state index contributed by atoms with van der Waals surface area (Å²) in [5, 5.41) is 10.5. The van der Waals surface area contributed by atoms with Crippen molar-refractivity contribution in [2.24, 2.45) is 4.99 Å². The van der Waals surface area contributed by atoms with Crippen LogP contribution in [0.1, 0.15) is 24.7 Å². The second kappa shape index (κ2) is 10.2. The van der Waals surface area contributed by atoms with E-state index in [1.165, 1.54) is 11.1 Å². The molecule has 0 unspecified atom stereocenters. The van der Waals surface area contributed by atoms with Gasteiger partial charge in [-0.3, -0.25) is 5.10 Å². The van der Waals surface area contributed by atoms with Crippen molar-refractivity contribution < 1.29 is 4.42 Å². The Kier molecular flexibility index (Phi) is 7.45. The number of halogens is 1. The van der Waals surface area contributed by atoms with Gasteiger partial charge in [0.15, 0.2) is 11.7 Å². The molecule has 0 atom stereocenters. The fourth-order valence-electron chi connectivity index (χ4n) is 3.23. The molecule has 0 saturated heterocycles. The van der Waals surface area contributed by atoms with Crippen molar-refractivity contribution in [3.63, 3.8) is 0 Å². The van der Waals surface area contributed by atoms with Gasteiger partial charge in [0.25, 0.3) is 0 Å². The minimum absolute atomic E-state index is 0. The Balaban J connectivity index is 0.00000240. The molecular formula is C21H25IN6O. The number of H-pyrrole nitrogens is 1. The topological polar surface area (TPSA) is 82.3 Å². The van der Waals surface area contributed by atoms with Gasteiger partial charge in [-0.05, 0) is 36.6 Å². The van der Waals surface area contributed by atoms with Gasteiger partial charge < -0.3 is 14.6 Å². The first-order valence-electron chi connectivity index (χ1n) is 9.56. The molecule has 0 aliphatic carbocycles. The van der Waals surface area contributed by atoms with E-state index in [2.05, 4.69) is 68.7 Å². The average molecular weight is 504 g/mol. The summed E-state index contributed by atoms with van der Waals surface area (Å²) in [6.45, 7) is 5.10. The third-order valence-electron chi connectivity index (χ3n) is 4.64. The standard InChI is InChI=1S/C21H24N6O.HI/c1-2-22-21(23-15-19-24-20(26-25-19)18-9-6-14-28-18)27-12-10-17(11-13-27)16-7-4-3-5-8-16;/h3-10,14H,2,11-13,15H2,1H3,(H,22,23)(H,24,25,26);1H. The van der Waals surface area contributed by atoms with Crippen LogP contribution in [0.3, 0.4) is 0 Å². The van der Waals surface area contributed by atoms with Crippen LogP contribution in [0.15, 0.2) is 64.2 Å². The number of guanidine groups is 1. The first-order chi connectivity index (χ1) is 13.8. The van der Waals surface area contributed by atoms with Crippen molar-refractivity contribution in [1.82, 2.24) is 25.4 Å². The molecule has 4 rings (SSSR count). The smallest absolute Gasteiger partial charge is 0.216 e. The quantitative estimate of drug-likeness (QED) is 0.313. The maximum atomic E-state index is 5.33. The third kappa shape index (κ3) is 5.26. The van der Waals surface area contributed by atoms with Gasteiger partial charge in [0.1, 0.15) is 12.4 Å². The van der Waals surface area contributed by atoms with Gasteiger partial charge in [0, 0.05) is 19.6 Å². The van der Waals surface area contributed by atoms with Gasteiger partial charge in [0.05, 0.1) is 6.26 Å². The summed E-state index contributed by atoms with van der Waals surface area (Å²) >= 11 is 0. The zero-order valence-corrected chi connectivity index (χ0v) is 18.7. The highest BCUT2D eigenvalue weighted by Crippen LogP contribution is 2.22. The van der Waals surface area contributed by atoms with E-state index in [0.717, 1.165) is 32.0 Å². The number of rotatable bonds is 5. The second-order valence-corrected chi connectivity index (χ2v) is 6.54. The molecule has 3 heterocycles. The fourth-order valence-corrected chi connectivity index (χ4v) is 3.23. The zero-order chi connectivity index (χ0) is 19.2. The molecule has 7 nitrogen and oxygen atoms in total. The summed E-state index contributed by atoms with van der Waals surface area (Å²) in [5.41, 5.74) is 2.70. The molecule has 2 N–H and O–H groups in total. The summed E-state index contributed by atoms with van der Waals surface area (Å²) in [4.78, 5) is 11.5. The van der Waals surface area contributed by atoms with Crippen LogP contribution in [0.5, 0.6) is 0 Å². The van der Waals surface area contributed by atoms with Crippen molar-refractivity contribution in [3.8, 4) is 11.6 Å². The Morgan fingerprint density at radius 1 is 1.24 bits per heavy atom. The van der Waals surface area contributed by atoms with E-state index in [9.17, 15) is 0 Å². The van der Waals surface area contributed by atoms with Crippen molar-refractivity contribution in [3.05, 3.63) is 66.2 Å². The van der Waals surface area contributed by atoms with Crippen LogP contribution >= 0.6 is 24.0 Å². The lowest BCUT2D eigenvalue weighted by Crippen LogP contribution is -2.43. The molecule has 0 saturated carbocycles. The maximum absolute atomic E-state index is 5.33. The first-order valence-corrected chi connectivity index (χ1v) is 9.56. The lowest BCUT2D eigenvalue weighted by Gasteiger charge is -2.29. The lowest BCUT2D eigenvalue weighted by molar-refractivity contribution is 0.439. The van der Waals surface area contributed by atoms with Crippen molar-refractivity contribution in [2.75, 3.05) is 19.6 Å². The highest BCUT2D eigenvalue weighted by Gasteiger charge is 2.16. The summed E-state index contributed by atoms with van der Waals surface area (Å²) in [5.74, 6) is 2.79. The molecule has 0 amide bonds. The molecule has 2 aromatic heterocycles. The first kappa shape index (κ1) is 21.1. The number of hydrogen-bond acceptors (Lipinski definition) is 4. The molecule has 1 aliphatic rings. The largest absolute Gasteiger partial charge is 0.461 e. The predicted molar refractivity (Wildman–Crippen MR) is 125 cm³/mol. The number of aliphatic imine (C=N–C) groups is 1. The predicted octanol–water partition coefficient (Wildman–Crippen LogP) is 3.94. The van der Waals surface area contributed by atoms with Gasteiger partial charge in [-0.25, -0.2) is 9.98 Å². The lowest BCUT2D eigenvalue weighted by atomic mass is 10.00. The SMILES string of the molecule is CCNC(=NCc1nc(-c2ccco2)n[nH]1)N1CC=C(c2ccccc2)CC1.I. The van der Waals surface area contributed by atoms with E-state index in [-0.39, 0.29) is 24.0 Å². The number of benzene rings is 1. The number of nitrogens with one attached hydrogen (secondary N) is 2. The summed E-state index contributed by atoms with van der Waals surface area (Å²) in [6, 6.07) is 14.2. The van der Waals surface area contributed by atoms with Gasteiger partial charge in [-0.1, -0.05) is 36.4 Å². The van der Waals surface area contributed by atoms with Gasteiger partial charge in [0.2, 0.25) is 5.82 Å². The fraction of sp³-hybridized carbons (Fsp3) is 0.286. The minimum atomic E-state index is 0. The Labute approximate surface area is 187 Å². The van der Waals surface area contributed by atoms with E-state index in [1.807, 2.05) is 12.1 Å². The monoisotopic (exact) mass is 504 g/mol. The Morgan fingerprint density at radius 2 is 2.10 bits per heavy atom. The molecule has 1 aromatic carbocycles. The highest BCUT2D eigenvalue weighted by molar-refractivity contribution is 14.0. The molecule has 3 aromatic rings. The number of aromatic amines is 1. The second-order valence-electron chi connectivity index (χ2n) is 6.54. The maximum Gasteiger partial charge on any atom is 0.216 e. The highest BCUT2D eigenvalue weighted by atomic mass is 127. The van der Waals surface area contributed by atoms with E-state index >= 15 is 0 Å². The van der Waals surface area contributed by atoms with Crippen LogP contribution in [0.4, 0.5) is 0 Å². The van der Waals surface area contributed by atoms with Crippen molar-refractivity contribution in [2.45, 2.75) is 19.9 Å². The molecule has 29 heavy (non-hydrogen) atoms.